The van der Waals surface area contributed by atoms with Gasteiger partial charge in [-0.15, -0.1) is 0 Å². The predicted molar refractivity (Wildman–Crippen MR) is 58.1 cm³/mol. The summed E-state index contributed by atoms with van der Waals surface area (Å²) in [6.07, 6.45) is 6.31. The van der Waals surface area contributed by atoms with Crippen LogP contribution in [0.1, 0.15) is 19.8 Å². The lowest BCUT2D eigenvalue weighted by molar-refractivity contribution is -0.118. The van der Waals surface area contributed by atoms with Gasteiger partial charge in [-0.3, -0.25) is 4.79 Å². The van der Waals surface area contributed by atoms with E-state index in [2.05, 4.69) is 17.8 Å². The summed E-state index contributed by atoms with van der Waals surface area (Å²) in [4.78, 5) is 10.5. The summed E-state index contributed by atoms with van der Waals surface area (Å²) < 4.78 is 0. The maximum atomic E-state index is 10.5. The Morgan fingerprint density at radius 3 is 2.42 bits per heavy atom. The van der Waals surface area contributed by atoms with Gasteiger partial charge in [0.2, 0.25) is 5.91 Å². The third-order valence-electron chi connectivity index (χ3n) is 1.43. The van der Waals surface area contributed by atoms with Gasteiger partial charge in [0.15, 0.2) is 0 Å². The number of carbonyl (C=O) groups is 1. The first-order chi connectivity index (χ1) is 5.42. The van der Waals surface area contributed by atoms with Gasteiger partial charge < -0.3 is 5.32 Å². The van der Waals surface area contributed by atoms with Crippen molar-refractivity contribution in [3.63, 3.8) is 0 Å². The molecule has 2 nitrogen and oxygen atoms in total. The third kappa shape index (κ3) is 10.1. The first-order valence-electron chi connectivity index (χ1n) is 4.07. The maximum absolute atomic E-state index is 10.5. The fraction of sp³-hybridized carbons (Fsp3) is 0.875. The van der Waals surface area contributed by atoms with Gasteiger partial charge in [0.25, 0.3) is 0 Å². The van der Waals surface area contributed by atoms with Gasteiger partial charge in [0, 0.05) is 13.5 Å². The fourth-order valence-corrected chi connectivity index (χ4v) is 2.05. The lowest BCUT2D eigenvalue weighted by atomic mass is 10.3. The second-order valence-corrected chi connectivity index (χ2v) is 9.02. The van der Waals surface area contributed by atoms with Gasteiger partial charge >= 0.3 is 0 Å². The predicted octanol–water partition coefficient (Wildman–Crippen LogP) is 2.12. The molecule has 74 valence electrons. The molecule has 1 N–H and O–H groups in total. The Kier molecular flexibility index (Phi) is 5.76. The number of halogens is 1. The molecule has 0 saturated carbocycles. The van der Waals surface area contributed by atoms with Crippen molar-refractivity contribution in [2.24, 2.45) is 0 Å². The summed E-state index contributed by atoms with van der Waals surface area (Å²) in [5.74, 6) is 1.13. The standard InChI is InChI=1S/C8H18ClNOS/c1-8(11)10-6-4-5-7-12(2,3)9/h4-7H2,1-3H3,(H,10,11). The zero-order valence-electron chi connectivity index (χ0n) is 8.02. The molecule has 0 aliphatic heterocycles. The van der Waals surface area contributed by atoms with E-state index in [4.69, 9.17) is 10.7 Å². The van der Waals surface area contributed by atoms with Crippen molar-refractivity contribution in [3.8, 4) is 0 Å². The van der Waals surface area contributed by atoms with Gasteiger partial charge in [-0.1, -0.05) is 10.7 Å². The van der Waals surface area contributed by atoms with Crippen molar-refractivity contribution in [2.75, 3.05) is 24.8 Å². The summed E-state index contributed by atoms with van der Waals surface area (Å²) in [7, 11) is 5.21. The van der Waals surface area contributed by atoms with Crippen molar-refractivity contribution in [1.82, 2.24) is 5.32 Å². The Labute approximate surface area is 80.9 Å². The summed E-state index contributed by atoms with van der Waals surface area (Å²) >= 11 is 0. The Hall–Kier alpha value is 0.110. The highest BCUT2D eigenvalue weighted by Crippen LogP contribution is 2.45. The minimum atomic E-state index is -0.865. The van der Waals surface area contributed by atoms with Crippen LogP contribution in [0, 0.1) is 0 Å². The second-order valence-electron chi connectivity index (χ2n) is 3.30. The molecule has 0 heterocycles. The molecule has 1 amide bonds. The number of nitrogens with one attached hydrogen (secondary N) is 1. The number of unbranched alkanes of at least 4 members (excludes halogenated alkanes) is 1. The van der Waals surface area contributed by atoms with Crippen LogP contribution < -0.4 is 5.32 Å². The highest BCUT2D eigenvalue weighted by molar-refractivity contribution is 8.50. The lowest BCUT2D eigenvalue weighted by Gasteiger charge is -2.21. The molecule has 0 aliphatic carbocycles. The molecule has 0 atom stereocenters. The van der Waals surface area contributed by atoms with E-state index in [0.717, 1.165) is 25.1 Å². The van der Waals surface area contributed by atoms with Crippen LogP contribution in [-0.2, 0) is 4.79 Å². The third-order valence-corrected chi connectivity index (χ3v) is 3.15. The van der Waals surface area contributed by atoms with Crippen LogP contribution in [0.3, 0.4) is 0 Å². The molecule has 0 aromatic heterocycles. The molecule has 0 unspecified atom stereocenters. The molecule has 0 rings (SSSR count). The monoisotopic (exact) mass is 211 g/mol. The van der Waals surface area contributed by atoms with E-state index in [0.29, 0.717) is 0 Å². The van der Waals surface area contributed by atoms with Gasteiger partial charge in [-0.2, -0.15) is 9.24 Å². The molecule has 4 heteroatoms. The number of hydrogen-bond acceptors (Lipinski definition) is 1. The van der Waals surface area contributed by atoms with Crippen LogP contribution in [-0.4, -0.2) is 30.7 Å². The van der Waals surface area contributed by atoms with Gasteiger partial charge in [0.1, 0.15) is 0 Å². The van der Waals surface area contributed by atoms with E-state index in [1.54, 1.807) is 0 Å². The van der Waals surface area contributed by atoms with E-state index >= 15 is 0 Å². The van der Waals surface area contributed by atoms with Crippen LogP contribution in [0.15, 0.2) is 0 Å². The summed E-state index contributed by atoms with van der Waals surface area (Å²) in [6, 6.07) is 0. The van der Waals surface area contributed by atoms with E-state index in [1.807, 2.05) is 0 Å². The van der Waals surface area contributed by atoms with E-state index < -0.39 is 9.24 Å². The molecule has 0 radical (unpaired) electrons. The summed E-state index contributed by atoms with van der Waals surface area (Å²) in [6.45, 7) is 2.32. The molecule has 0 saturated heterocycles. The summed E-state index contributed by atoms with van der Waals surface area (Å²) in [5.41, 5.74) is 0. The maximum Gasteiger partial charge on any atom is 0.216 e. The molecule has 0 fully saturated rings. The largest absolute Gasteiger partial charge is 0.356 e. The second kappa shape index (κ2) is 5.70. The number of rotatable bonds is 5. The fourth-order valence-electron chi connectivity index (χ4n) is 0.835. The Morgan fingerprint density at radius 2 is 2.00 bits per heavy atom. The first-order valence-corrected chi connectivity index (χ1v) is 7.51. The highest BCUT2D eigenvalue weighted by Gasteiger charge is 2.05. The molecule has 12 heavy (non-hydrogen) atoms. The van der Waals surface area contributed by atoms with Crippen molar-refractivity contribution in [1.29, 1.82) is 0 Å². The van der Waals surface area contributed by atoms with Crippen LogP contribution in [0.4, 0.5) is 0 Å². The van der Waals surface area contributed by atoms with Gasteiger partial charge in [-0.25, -0.2) is 0 Å². The van der Waals surface area contributed by atoms with Gasteiger partial charge in [-0.05, 0) is 31.1 Å². The van der Waals surface area contributed by atoms with Crippen molar-refractivity contribution >= 4 is 25.8 Å². The molecule has 0 spiro atoms. The number of hydrogen-bond donors (Lipinski definition) is 1. The average molecular weight is 212 g/mol. The average Bonchev–Trinajstić information content (AvgIpc) is 1.83. The molecule has 0 aliphatic rings. The Bertz CT molecular complexity index is 144. The quantitative estimate of drug-likeness (QED) is 0.694. The van der Waals surface area contributed by atoms with Crippen LogP contribution in [0.5, 0.6) is 0 Å². The van der Waals surface area contributed by atoms with Crippen molar-refractivity contribution in [2.45, 2.75) is 19.8 Å². The van der Waals surface area contributed by atoms with Gasteiger partial charge in [0.05, 0.1) is 0 Å². The smallest absolute Gasteiger partial charge is 0.216 e. The van der Waals surface area contributed by atoms with E-state index in [1.165, 1.54) is 6.92 Å². The van der Waals surface area contributed by atoms with Crippen molar-refractivity contribution < 1.29 is 4.79 Å². The van der Waals surface area contributed by atoms with Crippen LogP contribution in [0.25, 0.3) is 0 Å². The van der Waals surface area contributed by atoms with E-state index in [9.17, 15) is 4.79 Å². The van der Waals surface area contributed by atoms with Crippen molar-refractivity contribution in [3.05, 3.63) is 0 Å². The minimum Gasteiger partial charge on any atom is -0.356 e. The van der Waals surface area contributed by atoms with Crippen LogP contribution in [0.2, 0.25) is 0 Å². The first kappa shape index (κ1) is 12.1. The SMILES string of the molecule is CC(=O)NCCCCS(C)(C)Cl. The Morgan fingerprint density at radius 1 is 1.42 bits per heavy atom. The highest BCUT2D eigenvalue weighted by atomic mass is 35.7. The minimum absolute atomic E-state index is 0.0486. The normalized spacial score (nSPS) is 12.7. The summed E-state index contributed by atoms with van der Waals surface area (Å²) in [5, 5.41) is 2.76. The molecule has 0 aromatic rings. The molecular weight excluding hydrogens is 194 g/mol. The molecular formula is C8H18ClNOS. The lowest BCUT2D eigenvalue weighted by Crippen LogP contribution is -2.21. The molecule has 0 aromatic carbocycles. The van der Waals surface area contributed by atoms with E-state index in [-0.39, 0.29) is 5.91 Å². The number of amides is 1. The zero-order chi connectivity index (χ0) is 9.61. The van der Waals surface area contributed by atoms with Crippen LogP contribution >= 0.6 is 19.9 Å². The zero-order valence-corrected chi connectivity index (χ0v) is 9.60. The number of carbonyl (C=O) groups excluding carboxylic acids is 1. The Balaban J connectivity index is 3.17. The topological polar surface area (TPSA) is 29.1 Å². The molecule has 0 bridgehead atoms.